The molecule has 1 aliphatic heterocycles. The summed E-state index contributed by atoms with van der Waals surface area (Å²) in [7, 11) is 0. The fraction of sp³-hybridized carbons (Fsp3) is 0.361. The van der Waals surface area contributed by atoms with Gasteiger partial charge in [0.1, 0.15) is 11.2 Å². The Bertz CT molecular complexity index is 1750. The van der Waals surface area contributed by atoms with E-state index in [9.17, 15) is 0 Å². The lowest BCUT2D eigenvalue weighted by atomic mass is 9.71. The van der Waals surface area contributed by atoms with Crippen molar-refractivity contribution in [2.75, 3.05) is 0 Å². The molecule has 5 aromatic rings. The molecule has 2 heterocycles. The molecule has 0 saturated heterocycles. The quantitative estimate of drug-likeness (QED) is 0.237. The first-order valence-electron chi connectivity index (χ1n) is 14.4. The molecule has 4 aromatic carbocycles. The van der Waals surface area contributed by atoms with E-state index in [2.05, 4.69) is 95.3 Å². The smallest absolute Gasteiger partial charge is 0.144 e. The van der Waals surface area contributed by atoms with E-state index in [0.717, 1.165) is 34.5 Å². The number of hydrogen-bond acceptors (Lipinski definition) is 2. The Morgan fingerprint density at radius 2 is 1.68 bits per heavy atom. The van der Waals surface area contributed by atoms with Gasteiger partial charge in [-0.1, -0.05) is 58.0 Å². The third-order valence-corrected chi connectivity index (χ3v) is 9.01. The van der Waals surface area contributed by atoms with E-state index in [1.54, 1.807) is 0 Å². The number of aliphatic imine (C=N–C) groups is 1. The second-order valence-electron chi connectivity index (χ2n) is 13.0. The topological polar surface area (TPSA) is 25.5 Å². The zero-order valence-corrected chi connectivity index (χ0v) is 23.3. The molecule has 0 unspecified atom stereocenters. The zero-order valence-electron chi connectivity index (χ0n) is 23.3. The Morgan fingerprint density at radius 1 is 0.895 bits per heavy atom. The number of rotatable bonds is 4. The van der Waals surface area contributed by atoms with Gasteiger partial charge in [-0.3, -0.25) is 0 Å². The highest BCUT2D eigenvalue weighted by atomic mass is 16.3. The number of para-hydroxylation sites is 1. The molecule has 0 radical (unpaired) electrons. The summed E-state index contributed by atoms with van der Waals surface area (Å²) in [6.07, 6.45) is 6.21. The van der Waals surface area contributed by atoms with Crippen molar-refractivity contribution >= 4 is 44.1 Å². The lowest BCUT2D eigenvalue weighted by Gasteiger charge is -2.34. The molecule has 192 valence electrons. The average Bonchev–Trinajstić information content (AvgIpc) is 3.44. The molecule has 1 saturated carbocycles. The van der Waals surface area contributed by atoms with Crippen molar-refractivity contribution in [3.05, 3.63) is 88.5 Å². The van der Waals surface area contributed by atoms with Crippen molar-refractivity contribution in [1.82, 2.24) is 0 Å². The zero-order chi connectivity index (χ0) is 26.2. The molecule has 2 aliphatic rings. The van der Waals surface area contributed by atoms with Crippen LogP contribution in [0.5, 0.6) is 0 Å². The fourth-order valence-corrected chi connectivity index (χ4v) is 6.95. The van der Waals surface area contributed by atoms with Crippen LogP contribution in [0.2, 0.25) is 0 Å². The Labute approximate surface area is 225 Å². The van der Waals surface area contributed by atoms with Crippen LogP contribution in [0.15, 0.2) is 70.1 Å². The van der Waals surface area contributed by atoms with Crippen LogP contribution < -0.4 is 0 Å². The molecule has 1 aliphatic carbocycles. The molecule has 2 nitrogen and oxygen atoms in total. The minimum Gasteiger partial charge on any atom is -0.455 e. The van der Waals surface area contributed by atoms with Gasteiger partial charge in [-0.25, -0.2) is 4.99 Å². The molecule has 0 N–H and O–H groups in total. The Morgan fingerprint density at radius 3 is 2.47 bits per heavy atom. The van der Waals surface area contributed by atoms with E-state index in [-0.39, 0.29) is 0 Å². The Kier molecular flexibility index (Phi) is 5.34. The van der Waals surface area contributed by atoms with Crippen LogP contribution in [0.3, 0.4) is 0 Å². The van der Waals surface area contributed by atoms with Crippen LogP contribution in [-0.2, 0) is 6.42 Å². The van der Waals surface area contributed by atoms with Crippen LogP contribution in [-0.4, -0.2) is 5.71 Å². The molecule has 1 aromatic heterocycles. The van der Waals surface area contributed by atoms with Crippen LogP contribution in [0.1, 0.15) is 87.1 Å². The maximum Gasteiger partial charge on any atom is 0.144 e. The van der Waals surface area contributed by atoms with Crippen LogP contribution >= 0.6 is 0 Å². The van der Waals surface area contributed by atoms with Crippen molar-refractivity contribution in [2.45, 2.75) is 72.6 Å². The molecular weight excluding hydrogens is 462 g/mol. The van der Waals surface area contributed by atoms with E-state index in [0.29, 0.717) is 17.3 Å². The first-order valence-corrected chi connectivity index (χ1v) is 14.4. The summed E-state index contributed by atoms with van der Waals surface area (Å²) in [5, 5.41) is 5.08. The summed E-state index contributed by atoms with van der Waals surface area (Å²) in [6, 6.07) is 22.5. The number of fused-ring (bicyclic) bond motifs is 3. The summed E-state index contributed by atoms with van der Waals surface area (Å²) >= 11 is 0. The number of benzene rings is 4. The average molecular weight is 500 g/mol. The van der Waals surface area contributed by atoms with Gasteiger partial charge in [-0.15, -0.1) is 0 Å². The molecule has 38 heavy (non-hydrogen) atoms. The highest BCUT2D eigenvalue weighted by molar-refractivity contribution is 6.30. The maximum absolute atomic E-state index is 6.51. The van der Waals surface area contributed by atoms with Crippen LogP contribution in [0.25, 0.3) is 32.7 Å². The molecular formula is C36H37NO. The van der Waals surface area contributed by atoms with Gasteiger partial charge in [0.05, 0.1) is 11.4 Å². The van der Waals surface area contributed by atoms with Gasteiger partial charge in [-0.2, -0.15) is 0 Å². The summed E-state index contributed by atoms with van der Waals surface area (Å²) in [6.45, 7) is 11.7. The van der Waals surface area contributed by atoms with E-state index in [1.165, 1.54) is 69.5 Å². The summed E-state index contributed by atoms with van der Waals surface area (Å²) in [4.78, 5) is 5.31. The molecule has 1 fully saturated rings. The molecule has 7 rings (SSSR count). The highest BCUT2D eigenvalue weighted by Crippen LogP contribution is 2.47. The second-order valence-corrected chi connectivity index (χ2v) is 13.0. The SMILES string of the molecule is Cc1cc(C2=Nc3ccc(CC(C)C)c4cc(C5CCC(C)(C)CC5)cc2c34)c2oc3ccccc3c2c1. The van der Waals surface area contributed by atoms with E-state index < -0.39 is 0 Å². The van der Waals surface area contributed by atoms with Crippen molar-refractivity contribution in [2.24, 2.45) is 16.3 Å². The molecule has 2 heteroatoms. The fourth-order valence-electron chi connectivity index (χ4n) is 6.95. The first kappa shape index (κ1) is 23.7. The van der Waals surface area contributed by atoms with Gasteiger partial charge >= 0.3 is 0 Å². The molecule has 0 bridgehead atoms. The lowest BCUT2D eigenvalue weighted by molar-refractivity contribution is 0.224. The third-order valence-electron chi connectivity index (χ3n) is 9.01. The maximum atomic E-state index is 6.51. The van der Waals surface area contributed by atoms with Gasteiger partial charge in [0.25, 0.3) is 0 Å². The molecule has 0 amide bonds. The predicted molar refractivity (Wildman–Crippen MR) is 161 cm³/mol. The van der Waals surface area contributed by atoms with Crippen molar-refractivity contribution in [1.29, 1.82) is 0 Å². The minimum atomic E-state index is 0.460. The van der Waals surface area contributed by atoms with Gasteiger partial charge < -0.3 is 4.42 Å². The van der Waals surface area contributed by atoms with E-state index in [4.69, 9.17) is 9.41 Å². The molecule has 0 spiro atoms. The Balaban J connectivity index is 1.46. The van der Waals surface area contributed by atoms with Crippen molar-refractivity contribution in [3.8, 4) is 0 Å². The van der Waals surface area contributed by atoms with E-state index in [1.807, 2.05) is 0 Å². The first-order chi connectivity index (χ1) is 18.3. The normalized spacial score (nSPS) is 17.3. The number of hydrogen-bond donors (Lipinski definition) is 0. The van der Waals surface area contributed by atoms with Gasteiger partial charge in [0.2, 0.25) is 0 Å². The van der Waals surface area contributed by atoms with Gasteiger partial charge in [0, 0.05) is 27.3 Å². The standard InChI is InChI=1S/C36H37NO/c1-21(2)16-24-10-11-31-33-27(24)19-25(23-12-14-36(4,5)15-13-23)20-29(33)34(37-31)30-18-22(3)17-28-26-8-6-7-9-32(26)38-35(28)30/h6-11,17-21,23H,12-16H2,1-5H3. The van der Waals surface area contributed by atoms with Gasteiger partial charge in [0.15, 0.2) is 0 Å². The van der Waals surface area contributed by atoms with Crippen molar-refractivity contribution < 1.29 is 4.42 Å². The predicted octanol–water partition coefficient (Wildman–Crippen LogP) is 10.4. The number of furan rings is 1. The summed E-state index contributed by atoms with van der Waals surface area (Å²) in [5.41, 5.74) is 11.1. The van der Waals surface area contributed by atoms with Crippen LogP contribution in [0, 0.1) is 18.3 Å². The monoisotopic (exact) mass is 499 g/mol. The third kappa shape index (κ3) is 3.80. The number of nitrogens with zero attached hydrogens (tertiary/aromatic N) is 1. The summed E-state index contributed by atoms with van der Waals surface area (Å²) < 4.78 is 6.51. The van der Waals surface area contributed by atoms with Gasteiger partial charge in [-0.05, 0) is 109 Å². The van der Waals surface area contributed by atoms with E-state index >= 15 is 0 Å². The minimum absolute atomic E-state index is 0.460. The second kappa shape index (κ2) is 8.56. The number of aryl methyl sites for hydroxylation is 1. The Hall–Kier alpha value is -3.39. The van der Waals surface area contributed by atoms with Crippen LogP contribution in [0.4, 0.5) is 5.69 Å². The summed E-state index contributed by atoms with van der Waals surface area (Å²) in [5.74, 6) is 1.23. The molecule has 0 atom stereocenters. The van der Waals surface area contributed by atoms with Crippen molar-refractivity contribution in [3.63, 3.8) is 0 Å². The largest absolute Gasteiger partial charge is 0.455 e. The lowest BCUT2D eigenvalue weighted by Crippen LogP contribution is -2.20. The highest BCUT2D eigenvalue weighted by Gasteiger charge is 2.30.